The zero-order valence-electron chi connectivity index (χ0n) is 18.9. The van der Waals surface area contributed by atoms with E-state index in [1.807, 2.05) is 12.1 Å². The van der Waals surface area contributed by atoms with Crippen LogP contribution < -0.4 is 5.32 Å². The van der Waals surface area contributed by atoms with Gasteiger partial charge in [-0.3, -0.25) is 24.2 Å². The fourth-order valence-corrected chi connectivity index (χ4v) is 4.54. The van der Waals surface area contributed by atoms with Crippen molar-refractivity contribution in [2.75, 3.05) is 57.8 Å². The lowest BCUT2D eigenvalue weighted by molar-refractivity contribution is -0.138. The van der Waals surface area contributed by atoms with Gasteiger partial charge in [0.25, 0.3) is 11.8 Å². The Morgan fingerprint density at radius 2 is 1.66 bits per heavy atom. The van der Waals surface area contributed by atoms with Gasteiger partial charge in [-0.15, -0.1) is 0 Å². The fraction of sp³-hybridized carbons (Fsp3) is 0.542. The van der Waals surface area contributed by atoms with E-state index in [0.717, 1.165) is 39.0 Å². The number of morpholine rings is 1. The maximum Gasteiger partial charge on any atom is 0.277 e. The van der Waals surface area contributed by atoms with Crippen LogP contribution in [-0.4, -0.2) is 84.9 Å². The van der Waals surface area contributed by atoms with E-state index >= 15 is 0 Å². The lowest BCUT2D eigenvalue weighted by Gasteiger charge is -2.33. The van der Waals surface area contributed by atoms with Gasteiger partial charge in [0.2, 0.25) is 5.91 Å². The highest BCUT2D eigenvalue weighted by Gasteiger charge is 2.42. The van der Waals surface area contributed by atoms with E-state index in [0.29, 0.717) is 54.7 Å². The number of hydrogen-bond acceptors (Lipinski definition) is 6. The standard InChI is InChI=1S/C24H32N4O4/c1-17-7-9-27(10-8-17)22-21(19-3-5-20(6-4-19)25-18(2)29)23(30)28(24(22)31)12-11-26-13-15-32-16-14-26/h3-6,17H,7-16H2,1-2H3,(H,25,29). The number of carbonyl (C=O) groups is 3. The monoisotopic (exact) mass is 440 g/mol. The van der Waals surface area contributed by atoms with E-state index in [1.165, 1.54) is 11.8 Å². The van der Waals surface area contributed by atoms with Gasteiger partial charge in [-0.1, -0.05) is 19.1 Å². The van der Waals surface area contributed by atoms with Crippen LogP contribution in [0.25, 0.3) is 5.57 Å². The van der Waals surface area contributed by atoms with Crippen molar-refractivity contribution in [2.45, 2.75) is 26.7 Å². The summed E-state index contributed by atoms with van der Waals surface area (Å²) in [6.45, 7) is 9.27. The summed E-state index contributed by atoms with van der Waals surface area (Å²) < 4.78 is 5.40. The Morgan fingerprint density at radius 3 is 2.28 bits per heavy atom. The number of carbonyl (C=O) groups excluding carboxylic acids is 3. The molecule has 3 amide bonds. The summed E-state index contributed by atoms with van der Waals surface area (Å²) in [5, 5.41) is 2.74. The number of piperidine rings is 1. The first-order valence-corrected chi connectivity index (χ1v) is 11.5. The zero-order valence-corrected chi connectivity index (χ0v) is 18.9. The number of benzene rings is 1. The summed E-state index contributed by atoms with van der Waals surface area (Å²) in [5.41, 5.74) is 2.37. The van der Waals surface area contributed by atoms with Gasteiger partial charge in [0.15, 0.2) is 0 Å². The Labute approximate surface area is 189 Å². The van der Waals surface area contributed by atoms with Crippen molar-refractivity contribution in [2.24, 2.45) is 5.92 Å². The first-order valence-electron chi connectivity index (χ1n) is 11.5. The predicted octanol–water partition coefficient (Wildman–Crippen LogP) is 1.79. The molecule has 1 aromatic rings. The van der Waals surface area contributed by atoms with Crippen LogP contribution >= 0.6 is 0 Å². The number of rotatable bonds is 6. The number of nitrogens with zero attached hydrogens (tertiary/aromatic N) is 3. The average molecular weight is 441 g/mol. The third-order valence-corrected chi connectivity index (χ3v) is 6.48. The van der Waals surface area contributed by atoms with Crippen molar-refractivity contribution in [3.63, 3.8) is 0 Å². The molecule has 3 heterocycles. The normalized spacial score (nSPS) is 20.9. The molecule has 32 heavy (non-hydrogen) atoms. The summed E-state index contributed by atoms with van der Waals surface area (Å²) in [6.07, 6.45) is 2.01. The number of imide groups is 1. The van der Waals surface area contributed by atoms with Crippen molar-refractivity contribution >= 4 is 29.0 Å². The lowest BCUT2D eigenvalue weighted by atomic mass is 9.97. The maximum absolute atomic E-state index is 13.5. The van der Waals surface area contributed by atoms with Crippen LogP contribution in [0.15, 0.2) is 30.0 Å². The van der Waals surface area contributed by atoms with E-state index in [2.05, 4.69) is 22.0 Å². The van der Waals surface area contributed by atoms with Crippen molar-refractivity contribution in [3.05, 3.63) is 35.5 Å². The molecular formula is C24H32N4O4. The van der Waals surface area contributed by atoms with Gasteiger partial charge in [-0.25, -0.2) is 0 Å². The Balaban J connectivity index is 1.59. The SMILES string of the molecule is CC(=O)Nc1ccc(C2=C(N3CCC(C)CC3)C(=O)N(CCN3CCOCC3)C2=O)cc1. The molecule has 0 radical (unpaired) electrons. The molecule has 1 aromatic carbocycles. The summed E-state index contributed by atoms with van der Waals surface area (Å²) in [4.78, 5) is 44.0. The highest BCUT2D eigenvalue weighted by Crippen LogP contribution is 2.34. The molecule has 0 bridgehead atoms. The molecule has 0 atom stereocenters. The molecule has 0 aromatic heterocycles. The molecular weight excluding hydrogens is 408 g/mol. The van der Waals surface area contributed by atoms with Crippen LogP contribution in [0.4, 0.5) is 5.69 Å². The minimum atomic E-state index is -0.232. The Kier molecular flexibility index (Phi) is 6.91. The molecule has 0 aliphatic carbocycles. The van der Waals surface area contributed by atoms with Crippen molar-refractivity contribution in [1.29, 1.82) is 0 Å². The summed E-state index contributed by atoms with van der Waals surface area (Å²) in [6, 6.07) is 7.16. The number of ether oxygens (including phenoxy) is 1. The fourth-order valence-electron chi connectivity index (χ4n) is 4.54. The van der Waals surface area contributed by atoms with Gasteiger partial charge in [0.05, 0.1) is 18.8 Å². The molecule has 8 nitrogen and oxygen atoms in total. The Bertz CT molecular complexity index is 897. The molecule has 8 heteroatoms. The second-order valence-corrected chi connectivity index (χ2v) is 8.87. The van der Waals surface area contributed by atoms with Gasteiger partial charge < -0.3 is 15.0 Å². The largest absolute Gasteiger partial charge is 0.379 e. The van der Waals surface area contributed by atoms with Gasteiger partial charge in [-0.2, -0.15) is 0 Å². The highest BCUT2D eigenvalue weighted by atomic mass is 16.5. The van der Waals surface area contributed by atoms with Crippen LogP contribution in [-0.2, 0) is 19.1 Å². The van der Waals surface area contributed by atoms with Crippen LogP contribution in [0.5, 0.6) is 0 Å². The molecule has 1 N–H and O–H groups in total. The second kappa shape index (κ2) is 9.83. The van der Waals surface area contributed by atoms with Crippen LogP contribution in [0.3, 0.4) is 0 Å². The number of likely N-dealkylation sites (tertiary alicyclic amines) is 1. The molecule has 0 saturated carbocycles. The van der Waals surface area contributed by atoms with Gasteiger partial charge in [0, 0.05) is 51.9 Å². The van der Waals surface area contributed by atoms with E-state index in [9.17, 15) is 14.4 Å². The Hall–Kier alpha value is -2.71. The van der Waals surface area contributed by atoms with E-state index in [-0.39, 0.29) is 17.7 Å². The molecule has 172 valence electrons. The quantitative estimate of drug-likeness (QED) is 0.680. The third kappa shape index (κ3) is 4.86. The van der Waals surface area contributed by atoms with Gasteiger partial charge in [0.1, 0.15) is 5.70 Å². The highest BCUT2D eigenvalue weighted by molar-refractivity contribution is 6.35. The van der Waals surface area contributed by atoms with E-state index in [1.54, 1.807) is 12.1 Å². The van der Waals surface area contributed by atoms with E-state index in [4.69, 9.17) is 4.74 Å². The van der Waals surface area contributed by atoms with Crippen LogP contribution in [0.1, 0.15) is 32.3 Å². The first-order chi connectivity index (χ1) is 15.4. The van der Waals surface area contributed by atoms with Crippen molar-refractivity contribution < 1.29 is 19.1 Å². The van der Waals surface area contributed by atoms with Gasteiger partial charge in [-0.05, 0) is 36.5 Å². The Morgan fingerprint density at radius 1 is 1.00 bits per heavy atom. The molecule has 3 aliphatic rings. The molecule has 4 rings (SSSR count). The second-order valence-electron chi connectivity index (χ2n) is 8.87. The number of nitrogens with one attached hydrogen (secondary N) is 1. The smallest absolute Gasteiger partial charge is 0.277 e. The summed E-state index contributed by atoms with van der Waals surface area (Å²) in [5.74, 6) is 0.0428. The molecule has 2 saturated heterocycles. The number of hydrogen-bond donors (Lipinski definition) is 1. The predicted molar refractivity (Wildman–Crippen MR) is 122 cm³/mol. The number of amides is 3. The lowest BCUT2D eigenvalue weighted by Crippen LogP contribution is -2.44. The zero-order chi connectivity index (χ0) is 22.7. The molecule has 2 fully saturated rings. The molecule has 0 spiro atoms. The average Bonchev–Trinajstić information content (AvgIpc) is 3.03. The van der Waals surface area contributed by atoms with Crippen molar-refractivity contribution in [1.82, 2.24) is 14.7 Å². The minimum Gasteiger partial charge on any atom is -0.379 e. The van der Waals surface area contributed by atoms with Crippen LogP contribution in [0, 0.1) is 5.92 Å². The summed E-state index contributed by atoms with van der Waals surface area (Å²) in [7, 11) is 0. The number of anilines is 1. The molecule has 0 unspecified atom stereocenters. The van der Waals surface area contributed by atoms with Gasteiger partial charge >= 0.3 is 0 Å². The van der Waals surface area contributed by atoms with E-state index < -0.39 is 0 Å². The molecule has 3 aliphatic heterocycles. The van der Waals surface area contributed by atoms with Crippen molar-refractivity contribution in [3.8, 4) is 0 Å². The summed E-state index contributed by atoms with van der Waals surface area (Å²) >= 11 is 0. The maximum atomic E-state index is 13.5. The van der Waals surface area contributed by atoms with Crippen LogP contribution in [0.2, 0.25) is 0 Å². The topological polar surface area (TPSA) is 82.2 Å². The third-order valence-electron chi connectivity index (χ3n) is 6.48. The minimum absolute atomic E-state index is 0.151. The first kappa shape index (κ1) is 22.5.